The average Bonchev–Trinajstić information content (AvgIpc) is 3.34. The minimum Gasteiger partial charge on any atom is -0.218 e. The number of hydrogen-bond donors (Lipinski definition) is 0. The van der Waals surface area contributed by atoms with Crippen molar-refractivity contribution in [3.63, 3.8) is 0 Å². The van der Waals surface area contributed by atoms with Crippen molar-refractivity contribution in [2.75, 3.05) is 0 Å². The molecule has 0 amide bonds. The molecular weight excluding hydrogens is 806 g/mol. The van der Waals surface area contributed by atoms with Crippen molar-refractivity contribution in [3.05, 3.63) is 271 Å². The van der Waals surface area contributed by atoms with Crippen molar-refractivity contribution in [2.45, 2.75) is 18.5 Å². The predicted octanol–water partition coefficient (Wildman–Crippen LogP) is 10.1. The molecule has 0 saturated heterocycles. The molecule has 9 aromatic rings. The Kier molecular flexibility index (Phi) is 13.6. The smallest absolute Gasteiger partial charge is 0.00188 e. The van der Waals surface area contributed by atoms with E-state index in [1.807, 2.05) is 0 Å². The van der Waals surface area contributed by atoms with Crippen LogP contribution in [-0.2, 0) is 18.5 Å². The van der Waals surface area contributed by atoms with Crippen LogP contribution in [0.4, 0.5) is 0 Å². The lowest BCUT2D eigenvalue weighted by atomic mass is 10.2. The Bertz CT molecular complexity index is 2310. The van der Waals surface area contributed by atoms with Crippen molar-refractivity contribution in [1.29, 1.82) is 0 Å². The van der Waals surface area contributed by atoms with E-state index in [0.29, 0.717) is 0 Å². The molecule has 0 atom stereocenters. The minimum atomic E-state index is -1.56. The predicted molar refractivity (Wildman–Crippen MR) is 272 cm³/mol. The summed E-state index contributed by atoms with van der Waals surface area (Å²) in [6, 6.07) is 95.8. The SMILES string of the molecule is c1ccc(P(Cc2ccccc2[Si-](c2ccccc2CP(c2ccccc2)c2ccccc2)c2ccccc2CP(c2ccccc2)c2ccccc2)c2ccccc2)cc1. The zero-order chi connectivity index (χ0) is 41.1. The Morgan fingerprint density at radius 2 is 0.393 bits per heavy atom. The third-order valence-electron chi connectivity index (χ3n) is 11.3. The van der Waals surface area contributed by atoms with Gasteiger partial charge in [0.15, 0.2) is 0 Å². The van der Waals surface area contributed by atoms with E-state index in [0.717, 1.165) is 18.5 Å². The average molecular weight is 854 g/mol. The van der Waals surface area contributed by atoms with Gasteiger partial charge in [-0.3, -0.25) is 0 Å². The standard InChI is InChI=1S/C57H48P3Si/c1-7-28-49(29-8-1)58(50-30-9-2-10-31-50)43-46-25-19-22-40-55(46)61(56-41-23-20-26-47(56)44-59(51-32-11-3-12-33-51)52-34-13-4-14-35-52)57-42-24-21-27-48(57)45-60(53-36-15-5-16-37-53)54-38-17-6-18-39-54/h1-42H,43-45H2/q-1. The van der Waals surface area contributed by atoms with E-state index in [2.05, 4.69) is 255 Å². The first-order valence-electron chi connectivity index (χ1n) is 21.0. The summed E-state index contributed by atoms with van der Waals surface area (Å²) in [6.45, 7) is 0. The van der Waals surface area contributed by atoms with Crippen molar-refractivity contribution in [2.24, 2.45) is 0 Å². The summed E-state index contributed by atoms with van der Waals surface area (Å²) in [5, 5.41) is 13.0. The van der Waals surface area contributed by atoms with E-state index in [9.17, 15) is 0 Å². The first-order chi connectivity index (χ1) is 30.3. The third-order valence-corrected chi connectivity index (χ3v) is 21.8. The van der Waals surface area contributed by atoms with E-state index < -0.39 is 32.6 Å². The van der Waals surface area contributed by atoms with Gasteiger partial charge in [0.1, 0.15) is 0 Å². The summed E-state index contributed by atoms with van der Waals surface area (Å²) in [6.07, 6.45) is 2.96. The highest BCUT2D eigenvalue weighted by Gasteiger charge is 2.22. The second kappa shape index (κ2) is 20.4. The molecule has 0 unspecified atom stereocenters. The monoisotopic (exact) mass is 853 g/mol. The number of benzene rings is 9. The highest BCUT2D eigenvalue weighted by molar-refractivity contribution is 7.73. The van der Waals surface area contributed by atoms with Gasteiger partial charge in [-0.25, -0.2) is 8.80 Å². The van der Waals surface area contributed by atoms with Crippen LogP contribution >= 0.6 is 23.8 Å². The molecule has 0 N–H and O–H groups in total. The summed E-state index contributed by atoms with van der Waals surface area (Å²) in [5.74, 6) is 0. The Labute approximate surface area is 367 Å². The van der Waals surface area contributed by atoms with Gasteiger partial charge in [-0.2, -0.15) is 15.6 Å². The van der Waals surface area contributed by atoms with Crippen molar-refractivity contribution >= 4 is 79.9 Å². The number of rotatable bonds is 15. The van der Waals surface area contributed by atoms with E-state index >= 15 is 0 Å². The molecule has 4 heteroatoms. The summed E-state index contributed by atoms with van der Waals surface area (Å²) in [7, 11) is -3.50. The van der Waals surface area contributed by atoms with Crippen LogP contribution in [0, 0.1) is 0 Å². The maximum Gasteiger partial charge on any atom is -0.00188 e. The van der Waals surface area contributed by atoms with Crippen LogP contribution < -0.4 is 47.4 Å². The van der Waals surface area contributed by atoms with Crippen LogP contribution in [0.15, 0.2) is 255 Å². The van der Waals surface area contributed by atoms with Gasteiger partial charge in [0.25, 0.3) is 0 Å². The highest BCUT2D eigenvalue weighted by Crippen LogP contribution is 2.40. The first-order valence-corrected chi connectivity index (χ1v) is 27.1. The third kappa shape index (κ3) is 9.84. The molecule has 0 nitrogen and oxygen atoms in total. The molecular formula is C57H48P3Si-. The van der Waals surface area contributed by atoms with Gasteiger partial charge < -0.3 is 0 Å². The molecule has 61 heavy (non-hydrogen) atoms. The van der Waals surface area contributed by atoms with E-state index in [1.165, 1.54) is 64.1 Å². The second-order valence-electron chi connectivity index (χ2n) is 15.1. The summed E-state index contributed by atoms with van der Waals surface area (Å²) >= 11 is 0. The number of hydrogen-bond acceptors (Lipinski definition) is 0. The quantitative estimate of drug-likeness (QED) is 0.0548. The molecule has 0 aromatic heterocycles. The van der Waals surface area contributed by atoms with Crippen LogP contribution in [0.3, 0.4) is 0 Å². The van der Waals surface area contributed by atoms with Crippen molar-refractivity contribution < 1.29 is 0 Å². The Hall–Kier alpha value is -5.51. The topological polar surface area (TPSA) is 0 Å². The van der Waals surface area contributed by atoms with Gasteiger partial charge >= 0.3 is 0 Å². The van der Waals surface area contributed by atoms with Gasteiger partial charge in [-0.1, -0.05) is 271 Å². The van der Waals surface area contributed by atoms with E-state index in [4.69, 9.17) is 0 Å². The van der Waals surface area contributed by atoms with Crippen LogP contribution in [0.5, 0.6) is 0 Å². The fourth-order valence-electron chi connectivity index (χ4n) is 8.30. The Morgan fingerprint density at radius 3 is 0.607 bits per heavy atom. The second-order valence-corrected chi connectivity index (χ2v) is 24.1. The van der Waals surface area contributed by atoms with Gasteiger partial charge in [-0.05, 0) is 74.1 Å². The minimum absolute atomic E-state index is 0.648. The normalized spacial score (nSPS) is 11.3. The van der Waals surface area contributed by atoms with Crippen LogP contribution in [-0.4, -0.2) is 8.80 Å². The largest absolute Gasteiger partial charge is 0.218 e. The van der Waals surface area contributed by atoms with E-state index in [1.54, 1.807) is 0 Å². The molecule has 0 aliphatic rings. The fourth-order valence-corrected chi connectivity index (χ4v) is 18.9. The maximum atomic E-state index is 2.48. The van der Waals surface area contributed by atoms with Crippen molar-refractivity contribution in [3.8, 4) is 0 Å². The summed E-state index contributed by atoms with van der Waals surface area (Å²) in [4.78, 5) is 0. The molecule has 9 rings (SSSR count). The lowest BCUT2D eigenvalue weighted by Gasteiger charge is -2.40. The molecule has 296 valence electrons. The molecule has 0 fully saturated rings. The summed E-state index contributed by atoms with van der Waals surface area (Å²) in [5.41, 5.74) is 4.38. The Morgan fingerprint density at radius 1 is 0.213 bits per heavy atom. The van der Waals surface area contributed by atoms with Gasteiger partial charge in [0, 0.05) is 0 Å². The molecule has 0 aliphatic heterocycles. The zero-order valence-electron chi connectivity index (χ0n) is 34.2. The molecule has 0 bridgehead atoms. The van der Waals surface area contributed by atoms with Crippen molar-refractivity contribution in [1.82, 2.24) is 0 Å². The lowest BCUT2D eigenvalue weighted by Crippen LogP contribution is -2.55. The molecule has 0 aliphatic carbocycles. The van der Waals surface area contributed by atoms with Gasteiger partial charge in [-0.15, -0.1) is 0 Å². The van der Waals surface area contributed by atoms with Gasteiger partial charge in [0.05, 0.1) is 0 Å². The van der Waals surface area contributed by atoms with Crippen LogP contribution in [0.1, 0.15) is 16.7 Å². The molecule has 0 saturated carbocycles. The highest BCUT2D eigenvalue weighted by atomic mass is 31.1. The molecule has 9 aromatic carbocycles. The van der Waals surface area contributed by atoms with Crippen LogP contribution in [0.25, 0.3) is 0 Å². The first kappa shape index (κ1) is 40.9. The Balaban J connectivity index is 1.22. The summed E-state index contributed by atoms with van der Waals surface area (Å²) < 4.78 is 0. The molecule has 0 heterocycles. The lowest BCUT2D eigenvalue weighted by molar-refractivity contribution is 1.40. The van der Waals surface area contributed by atoms with E-state index in [-0.39, 0.29) is 0 Å². The van der Waals surface area contributed by atoms with Gasteiger partial charge in [0.2, 0.25) is 0 Å². The van der Waals surface area contributed by atoms with Crippen LogP contribution in [0.2, 0.25) is 0 Å². The molecule has 0 radical (unpaired) electrons. The maximum absolute atomic E-state index is 2.48. The molecule has 0 spiro atoms. The fraction of sp³-hybridized carbons (Fsp3) is 0.0526. The zero-order valence-corrected chi connectivity index (χ0v) is 37.9.